The molecule has 0 saturated heterocycles. The number of likely N-dealkylation sites (N-methyl/N-ethyl adjacent to an activating group) is 1. The Labute approximate surface area is 246 Å². The molecular formula is C30H36N4O7S. The van der Waals surface area contributed by atoms with Gasteiger partial charge in [0.1, 0.15) is 11.9 Å². The number of hydrogen-bond acceptors (Lipinski definition) is 7. The van der Waals surface area contributed by atoms with E-state index in [1.54, 1.807) is 66.4 Å². The van der Waals surface area contributed by atoms with Crippen LogP contribution in [0.1, 0.15) is 24.2 Å². The zero-order valence-electron chi connectivity index (χ0n) is 24.0. The van der Waals surface area contributed by atoms with Crippen LogP contribution in [-0.2, 0) is 10.0 Å². The highest BCUT2D eigenvalue weighted by Gasteiger charge is 2.36. The first-order chi connectivity index (χ1) is 20.0. The average Bonchev–Trinajstić information content (AvgIpc) is 2.99. The van der Waals surface area contributed by atoms with Gasteiger partial charge < -0.3 is 30.1 Å². The van der Waals surface area contributed by atoms with Crippen LogP contribution in [0.15, 0.2) is 77.7 Å². The van der Waals surface area contributed by atoms with Crippen molar-refractivity contribution in [2.45, 2.75) is 30.9 Å². The lowest BCUT2D eigenvalue weighted by Gasteiger charge is -2.38. The molecule has 3 aromatic rings. The van der Waals surface area contributed by atoms with Crippen LogP contribution in [0, 0.1) is 5.92 Å². The largest absolute Gasteiger partial charge is 0.497 e. The molecule has 0 spiro atoms. The molecule has 0 saturated carbocycles. The molecule has 0 fully saturated rings. The number of anilines is 2. The number of nitrogens with zero attached hydrogens (tertiary/aromatic N) is 2. The number of sulfonamides is 1. The summed E-state index contributed by atoms with van der Waals surface area (Å²) in [7, 11) is -0.931. The van der Waals surface area contributed by atoms with E-state index in [-0.39, 0.29) is 53.4 Å². The number of amides is 3. The molecule has 0 aromatic heterocycles. The van der Waals surface area contributed by atoms with Gasteiger partial charge in [-0.15, -0.1) is 0 Å². The maximum absolute atomic E-state index is 13.7. The maximum Gasteiger partial charge on any atom is 0.323 e. The normalized spacial score (nSPS) is 17.9. The van der Waals surface area contributed by atoms with Crippen molar-refractivity contribution in [3.63, 3.8) is 0 Å². The van der Waals surface area contributed by atoms with Gasteiger partial charge in [0.2, 0.25) is 10.0 Å². The summed E-state index contributed by atoms with van der Waals surface area (Å²) in [5, 5.41) is 15.4. The summed E-state index contributed by atoms with van der Waals surface area (Å²) in [6, 6.07) is 18.7. The van der Waals surface area contributed by atoms with Crippen molar-refractivity contribution in [2.75, 3.05) is 44.5 Å². The van der Waals surface area contributed by atoms with Crippen LogP contribution in [-0.4, -0.2) is 80.7 Å². The van der Waals surface area contributed by atoms with Gasteiger partial charge in [0, 0.05) is 25.2 Å². The van der Waals surface area contributed by atoms with Gasteiger partial charge in [0.05, 0.1) is 42.4 Å². The second-order valence-electron chi connectivity index (χ2n) is 10.2. The number of hydrogen-bond donors (Lipinski definition) is 3. The number of aliphatic hydroxyl groups is 1. The number of aliphatic hydroxyl groups excluding tert-OH is 1. The van der Waals surface area contributed by atoms with Crippen LogP contribution in [0.25, 0.3) is 0 Å². The lowest BCUT2D eigenvalue weighted by atomic mass is 9.99. The molecule has 12 heteroatoms. The molecule has 3 aromatic carbocycles. The summed E-state index contributed by atoms with van der Waals surface area (Å²) in [5.41, 5.74) is 1.00. The third-order valence-electron chi connectivity index (χ3n) is 7.18. The van der Waals surface area contributed by atoms with Crippen LogP contribution >= 0.6 is 0 Å². The Morgan fingerprint density at radius 1 is 1.10 bits per heavy atom. The van der Waals surface area contributed by atoms with Crippen molar-refractivity contribution in [1.29, 1.82) is 0 Å². The Bertz CT molecular complexity index is 1500. The van der Waals surface area contributed by atoms with E-state index in [4.69, 9.17) is 9.47 Å². The first-order valence-electron chi connectivity index (χ1n) is 13.5. The predicted octanol–water partition coefficient (Wildman–Crippen LogP) is 3.88. The molecule has 1 heterocycles. The Morgan fingerprint density at radius 3 is 2.43 bits per heavy atom. The number of nitrogens with one attached hydrogen (secondary N) is 2. The minimum absolute atomic E-state index is 0.0466. The predicted molar refractivity (Wildman–Crippen MR) is 159 cm³/mol. The minimum Gasteiger partial charge on any atom is -0.497 e. The lowest BCUT2D eigenvalue weighted by Crippen LogP contribution is -2.50. The number of para-hydroxylation sites is 2. The van der Waals surface area contributed by atoms with Crippen LogP contribution < -0.4 is 20.1 Å². The van der Waals surface area contributed by atoms with E-state index in [1.807, 2.05) is 13.0 Å². The molecule has 42 heavy (non-hydrogen) atoms. The zero-order valence-corrected chi connectivity index (χ0v) is 24.8. The molecule has 0 aliphatic carbocycles. The third kappa shape index (κ3) is 6.84. The quantitative estimate of drug-likeness (QED) is 0.341. The van der Waals surface area contributed by atoms with Crippen molar-refractivity contribution in [1.82, 2.24) is 9.21 Å². The molecule has 4 rings (SSSR count). The highest BCUT2D eigenvalue weighted by Crippen LogP contribution is 2.35. The van der Waals surface area contributed by atoms with Gasteiger partial charge in [-0.2, -0.15) is 4.31 Å². The number of carbonyl (C=O) groups excluding carboxylic acids is 2. The zero-order chi connectivity index (χ0) is 30.4. The van der Waals surface area contributed by atoms with Gasteiger partial charge in [-0.3, -0.25) is 4.79 Å². The van der Waals surface area contributed by atoms with Crippen LogP contribution in [0.3, 0.4) is 0 Å². The summed E-state index contributed by atoms with van der Waals surface area (Å²) in [6.45, 7) is 3.49. The van der Waals surface area contributed by atoms with E-state index >= 15 is 0 Å². The second kappa shape index (κ2) is 13.2. The summed E-state index contributed by atoms with van der Waals surface area (Å²) in [4.78, 5) is 28.2. The van der Waals surface area contributed by atoms with E-state index in [1.165, 1.54) is 30.6 Å². The van der Waals surface area contributed by atoms with E-state index in [2.05, 4.69) is 10.6 Å². The van der Waals surface area contributed by atoms with Crippen molar-refractivity contribution in [3.8, 4) is 11.5 Å². The molecule has 0 radical (unpaired) electrons. The fraction of sp³-hybridized carbons (Fsp3) is 0.333. The number of methoxy groups -OCH3 is 1. The van der Waals surface area contributed by atoms with E-state index in [0.717, 1.165) is 0 Å². The fourth-order valence-corrected chi connectivity index (χ4v) is 5.83. The van der Waals surface area contributed by atoms with Gasteiger partial charge in [0.25, 0.3) is 5.91 Å². The van der Waals surface area contributed by atoms with Crippen LogP contribution in [0.4, 0.5) is 16.2 Å². The summed E-state index contributed by atoms with van der Waals surface area (Å²) in [6.07, 6.45) is -0.719. The summed E-state index contributed by atoms with van der Waals surface area (Å²) < 4.78 is 39.6. The molecule has 0 unspecified atom stereocenters. The summed E-state index contributed by atoms with van der Waals surface area (Å²) >= 11 is 0. The van der Waals surface area contributed by atoms with Gasteiger partial charge in [-0.1, -0.05) is 31.2 Å². The van der Waals surface area contributed by atoms with Crippen molar-refractivity contribution < 1.29 is 32.6 Å². The molecule has 3 N–H and O–H groups in total. The molecule has 224 valence electrons. The number of carbonyl (C=O) groups is 2. The smallest absolute Gasteiger partial charge is 0.323 e. The Balaban J connectivity index is 1.68. The highest BCUT2D eigenvalue weighted by atomic mass is 32.2. The minimum atomic E-state index is -3.90. The van der Waals surface area contributed by atoms with E-state index in [0.29, 0.717) is 11.4 Å². The molecular weight excluding hydrogens is 560 g/mol. The van der Waals surface area contributed by atoms with Crippen molar-refractivity contribution >= 4 is 33.3 Å². The monoisotopic (exact) mass is 596 g/mol. The van der Waals surface area contributed by atoms with E-state index < -0.39 is 28.2 Å². The standard InChI is InChI=1S/C30H36N4O7S/c1-20-17-34(21(2)19-35)29(36)25-11-8-12-26(32-30(37)31-22-9-6-5-7-10-22)28(25)41-27(20)18-33(3)42(38,39)24-15-13-23(40-4)14-16-24/h5-16,20-21,27,35H,17-19H2,1-4H3,(H2,31,32,37)/t20-,21+,27-/m0/s1. The number of fused-ring (bicyclic) bond motifs is 1. The molecule has 3 amide bonds. The highest BCUT2D eigenvalue weighted by molar-refractivity contribution is 7.89. The average molecular weight is 597 g/mol. The van der Waals surface area contributed by atoms with Gasteiger partial charge >= 0.3 is 6.03 Å². The fourth-order valence-electron chi connectivity index (χ4n) is 4.65. The van der Waals surface area contributed by atoms with Crippen LogP contribution in [0.2, 0.25) is 0 Å². The summed E-state index contributed by atoms with van der Waals surface area (Å²) in [5.74, 6) is -0.0732. The van der Waals surface area contributed by atoms with Crippen LogP contribution in [0.5, 0.6) is 11.5 Å². The maximum atomic E-state index is 13.7. The van der Waals surface area contributed by atoms with Gasteiger partial charge in [0.15, 0.2) is 5.75 Å². The number of rotatable bonds is 9. The third-order valence-corrected chi connectivity index (χ3v) is 9.01. The second-order valence-corrected chi connectivity index (χ2v) is 12.3. The Hall–Kier alpha value is -4.13. The van der Waals surface area contributed by atoms with Crippen molar-refractivity contribution in [2.24, 2.45) is 5.92 Å². The first kappa shape index (κ1) is 30.8. The molecule has 3 atom stereocenters. The Kier molecular flexibility index (Phi) is 9.71. The number of benzene rings is 3. The molecule has 11 nitrogen and oxygen atoms in total. The number of urea groups is 1. The Morgan fingerprint density at radius 2 is 1.79 bits per heavy atom. The van der Waals surface area contributed by atoms with Crippen molar-refractivity contribution in [3.05, 3.63) is 78.4 Å². The van der Waals surface area contributed by atoms with Gasteiger partial charge in [-0.25, -0.2) is 13.2 Å². The molecule has 1 aliphatic heterocycles. The topological polar surface area (TPSA) is 138 Å². The first-order valence-corrected chi connectivity index (χ1v) is 14.9. The molecule has 1 aliphatic rings. The number of ether oxygens (including phenoxy) is 2. The van der Waals surface area contributed by atoms with E-state index in [9.17, 15) is 23.1 Å². The SMILES string of the molecule is COc1ccc(S(=O)(=O)N(C)C[C@@H]2Oc3c(NC(=O)Nc4ccccc4)cccc3C(=O)N([C@H](C)CO)C[C@@H]2C)cc1. The van der Waals surface area contributed by atoms with Gasteiger partial charge in [-0.05, 0) is 55.5 Å². The lowest BCUT2D eigenvalue weighted by molar-refractivity contribution is 0.0389. The molecule has 0 bridgehead atoms.